The van der Waals surface area contributed by atoms with Crippen LogP contribution >= 0.6 is 11.3 Å². The molecule has 18 heavy (non-hydrogen) atoms. The Hall–Kier alpha value is -0.720. The van der Waals surface area contributed by atoms with Crippen molar-refractivity contribution in [2.75, 3.05) is 31.1 Å². The largest absolute Gasteiger partial charge is 0.345 e. The fourth-order valence-corrected chi connectivity index (χ4v) is 3.02. The molecule has 0 aromatic carbocycles. The zero-order chi connectivity index (χ0) is 13.0. The minimum absolute atomic E-state index is 0.490. The number of rotatable bonds is 3. The molecule has 0 atom stereocenters. The van der Waals surface area contributed by atoms with E-state index >= 15 is 0 Å². The summed E-state index contributed by atoms with van der Waals surface area (Å²) in [7, 11) is 0. The summed E-state index contributed by atoms with van der Waals surface area (Å²) in [5.74, 6) is 0. The van der Waals surface area contributed by atoms with Gasteiger partial charge in [-0.15, -0.1) is 10.2 Å². The summed E-state index contributed by atoms with van der Waals surface area (Å²) < 4.78 is 0. The first kappa shape index (κ1) is 13.7. The van der Waals surface area contributed by atoms with Gasteiger partial charge >= 0.3 is 0 Å². The topological polar surface area (TPSA) is 58.3 Å². The quantitative estimate of drug-likeness (QED) is 0.896. The van der Waals surface area contributed by atoms with E-state index in [1.54, 1.807) is 11.3 Å². The van der Waals surface area contributed by atoms with Gasteiger partial charge in [-0.2, -0.15) is 0 Å². The zero-order valence-corrected chi connectivity index (χ0v) is 12.1. The van der Waals surface area contributed by atoms with Gasteiger partial charge in [0.15, 0.2) is 0 Å². The summed E-state index contributed by atoms with van der Waals surface area (Å²) in [5, 5.41) is 10.3. The Morgan fingerprint density at radius 3 is 2.61 bits per heavy atom. The number of anilines is 1. The predicted octanol–water partition coefficient (Wildman–Crippen LogP) is 1.31. The van der Waals surface area contributed by atoms with Gasteiger partial charge in [0, 0.05) is 32.2 Å². The Balaban J connectivity index is 1.99. The Kier molecular flexibility index (Phi) is 4.91. The molecule has 0 bridgehead atoms. The smallest absolute Gasteiger partial charge is 0.208 e. The van der Waals surface area contributed by atoms with E-state index in [1.165, 1.54) is 19.4 Å². The predicted molar refractivity (Wildman–Crippen MR) is 76.0 cm³/mol. The highest BCUT2D eigenvalue weighted by atomic mass is 32.1. The van der Waals surface area contributed by atoms with Crippen LogP contribution < -0.4 is 10.6 Å². The average Bonchev–Trinajstić information content (AvgIpc) is 2.77. The van der Waals surface area contributed by atoms with Gasteiger partial charge in [0.25, 0.3) is 0 Å². The third kappa shape index (κ3) is 3.40. The van der Waals surface area contributed by atoms with Crippen molar-refractivity contribution in [1.29, 1.82) is 0 Å². The van der Waals surface area contributed by atoms with Crippen LogP contribution in [0.5, 0.6) is 0 Å². The van der Waals surface area contributed by atoms with Crippen molar-refractivity contribution in [1.82, 2.24) is 15.1 Å². The van der Waals surface area contributed by atoms with E-state index in [9.17, 15) is 0 Å². The molecular formula is C12H23N5S. The Labute approximate surface area is 113 Å². The van der Waals surface area contributed by atoms with Crippen LogP contribution in [0, 0.1) is 0 Å². The van der Waals surface area contributed by atoms with Gasteiger partial charge in [-0.25, -0.2) is 0 Å². The molecule has 2 rings (SSSR count). The number of hydrogen-bond donors (Lipinski definition) is 1. The van der Waals surface area contributed by atoms with E-state index in [1.807, 2.05) is 0 Å². The zero-order valence-electron chi connectivity index (χ0n) is 11.3. The molecule has 0 unspecified atom stereocenters. The second-order valence-corrected chi connectivity index (χ2v) is 6.05. The summed E-state index contributed by atoms with van der Waals surface area (Å²) in [6, 6.07) is 0.624. The summed E-state index contributed by atoms with van der Waals surface area (Å²) in [6.45, 7) is 9.48. The first-order valence-electron chi connectivity index (χ1n) is 6.72. The van der Waals surface area contributed by atoms with Crippen LogP contribution in [0.4, 0.5) is 5.13 Å². The van der Waals surface area contributed by atoms with Crippen LogP contribution in [0.25, 0.3) is 0 Å². The van der Waals surface area contributed by atoms with Gasteiger partial charge in [0.2, 0.25) is 5.13 Å². The van der Waals surface area contributed by atoms with Gasteiger partial charge in [-0.05, 0) is 33.2 Å². The number of nitrogens with zero attached hydrogens (tertiary/aromatic N) is 4. The van der Waals surface area contributed by atoms with Crippen LogP contribution in [0.2, 0.25) is 0 Å². The SMILES string of the molecule is CC(C)N1CCCCN(c2nnc(CN)s2)CC1. The Bertz CT molecular complexity index is 365. The van der Waals surface area contributed by atoms with E-state index in [0.29, 0.717) is 12.6 Å². The second-order valence-electron chi connectivity index (χ2n) is 5.01. The average molecular weight is 269 g/mol. The van der Waals surface area contributed by atoms with Gasteiger partial charge < -0.3 is 10.6 Å². The Morgan fingerprint density at radius 1 is 1.17 bits per heavy atom. The molecule has 2 heterocycles. The highest BCUT2D eigenvalue weighted by Crippen LogP contribution is 2.21. The summed E-state index contributed by atoms with van der Waals surface area (Å²) >= 11 is 1.63. The second kappa shape index (κ2) is 6.45. The molecule has 1 fully saturated rings. The molecule has 1 aromatic rings. The Morgan fingerprint density at radius 2 is 1.94 bits per heavy atom. The van der Waals surface area contributed by atoms with Crippen molar-refractivity contribution in [2.45, 2.75) is 39.3 Å². The monoisotopic (exact) mass is 269 g/mol. The summed E-state index contributed by atoms with van der Waals surface area (Å²) in [4.78, 5) is 4.89. The van der Waals surface area contributed by atoms with E-state index < -0.39 is 0 Å². The van der Waals surface area contributed by atoms with Gasteiger partial charge in [-0.3, -0.25) is 4.90 Å². The highest BCUT2D eigenvalue weighted by molar-refractivity contribution is 7.15. The number of nitrogens with two attached hydrogens (primary N) is 1. The van der Waals surface area contributed by atoms with Crippen molar-refractivity contribution < 1.29 is 0 Å². The molecule has 0 spiro atoms. The van der Waals surface area contributed by atoms with E-state index in [4.69, 9.17) is 5.73 Å². The van der Waals surface area contributed by atoms with E-state index in [2.05, 4.69) is 33.8 Å². The lowest BCUT2D eigenvalue weighted by Crippen LogP contribution is -2.42. The van der Waals surface area contributed by atoms with Gasteiger partial charge in [-0.1, -0.05) is 11.3 Å². The van der Waals surface area contributed by atoms with Crippen LogP contribution in [0.3, 0.4) is 0 Å². The van der Waals surface area contributed by atoms with Crippen molar-refractivity contribution >= 4 is 16.5 Å². The molecule has 0 saturated carbocycles. The van der Waals surface area contributed by atoms with E-state index in [-0.39, 0.29) is 0 Å². The molecule has 2 N–H and O–H groups in total. The van der Waals surface area contributed by atoms with Crippen molar-refractivity contribution in [2.24, 2.45) is 5.73 Å². The van der Waals surface area contributed by atoms with Crippen LogP contribution in [-0.4, -0.2) is 47.3 Å². The standard InChI is InChI=1S/C12H23N5S/c1-10(2)16-5-3-4-6-17(8-7-16)12-15-14-11(9-13)18-12/h10H,3-9,13H2,1-2H3. The summed E-state index contributed by atoms with van der Waals surface area (Å²) in [5.41, 5.74) is 5.59. The molecule has 1 aliphatic rings. The van der Waals surface area contributed by atoms with Crippen LogP contribution in [0.1, 0.15) is 31.7 Å². The van der Waals surface area contributed by atoms with Gasteiger partial charge in [0.1, 0.15) is 5.01 Å². The molecule has 0 aliphatic carbocycles. The van der Waals surface area contributed by atoms with Crippen LogP contribution in [-0.2, 0) is 6.54 Å². The first-order valence-corrected chi connectivity index (χ1v) is 7.54. The lowest BCUT2D eigenvalue weighted by molar-refractivity contribution is 0.215. The third-order valence-corrected chi connectivity index (χ3v) is 4.42. The van der Waals surface area contributed by atoms with Crippen LogP contribution in [0.15, 0.2) is 0 Å². The first-order chi connectivity index (χ1) is 8.70. The normalized spacial score (nSPS) is 19.0. The molecule has 0 amide bonds. The molecule has 0 radical (unpaired) electrons. The molecule has 5 nitrogen and oxygen atoms in total. The van der Waals surface area contributed by atoms with Crippen molar-refractivity contribution in [3.8, 4) is 0 Å². The minimum atomic E-state index is 0.490. The maximum absolute atomic E-state index is 5.59. The maximum atomic E-state index is 5.59. The lowest BCUT2D eigenvalue weighted by atomic mass is 10.2. The maximum Gasteiger partial charge on any atom is 0.208 e. The van der Waals surface area contributed by atoms with Crippen molar-refractivity contribution in [3.63, 3.8) is 0 Å². The van der Waals surface area contributed by atoms with Crippen molar-refractivity contribution in [3.05, 3.63) is 5.01 Å². The fraction of sp³-hybridized carbons (Fsp3) is 0.833. The molecule has 1 aliphatic heterocycles. The third-order valence-electron chi connectivity index (χ3n) is 3.41. The van der Waals surface area contributed by atoms with E-state index in [0.717, 1.165) is 29.8 Å². The molecule has 1 aromatic heterocycles. The molecular weight excluding hydrogens is 246 g/mol. The fourth-order valence-electron chi connectivity index (χ4n) is 2.25. The number of aromatic nitrogens is 2. The minimum Gasteiger partial charge on any atom is -0.345 e. The molecule has 102 valence electrons. The van der Waals surface area contributed by atoms with Gasteiger partial charge in [0.05, 0.1) is 0 Å². The number of hydrogen-bond acceptors (Lipinski definition) is 6. The molecule has 1 saturated heterocycles. The summed E-state index contributed by atoms with van der Waals surface area (Å²) in [6.07, 6.45) is 2.48. The highest BCUT2D eigenvalue weighted by Gasteiger charge is 2.18. The molecule has 6 heteroatoms. The lowest BCUT2D eigenvalue weighted by Gasteiger charge is -2.32.